The third-order valence-corrected chi connectivity index (χ3v) is 4.78. The zero-order chi connectivity index (χ0) is 13.4. The molecule has 1 aliphatic heterocycles. The van der Waals surface area contributed by atoms with Crippen LogP contribution in [0.2, 0.25) is 0 Å². The highest BCUT2D eigenvalue weighted by atomic mass is 32.2. The van der Waals surface area contributed by atoms with Crippen LogP contribution in [-0.2, 0) is 14.6 Å². The van der Waals surface area contributed by atoms with Gasteiger partial charge in [-0.15, -0.1) is 0 Å². The summed E-state index contributed by atoms with van der Waals surface area (Å²) in [6.45, 7) is 4.88. The standard InChI is InChI=1S/C12H25NO4S/c1-2-3-7-17-11-12(14)10-13-5-4-8-18(15,16)9-6-13/h12,14H,2-11H2,1H3. The molecule has 0 aromatic heterocycles. The Morgan fingerprint density at radius 2 is 2.11 bits per heavy atom. The van der Waals surface area contributed by atoms with Gasteiger partial charge in [0, 0.05) is 19.7 Å². The average molecular weight is 279 g/mol. The molecule has 0 radical (unpaired) electrons. The number of sulfone groups is 1. The zero-order valence-corrected chi connectivity index (χ0v) is 12.0. The Labute approximate surface area is 110 Å². The number of aliphatic hydroxyl groups is 1. The van der Waals surface area contributed by atoms with E-state index in [-0.39, 0.29) is 11.5 Å². The molecule has 1 saturated heterocycles. The smallest absolute Gasteiger partial charge is 0.151 e. The van der Waals surface area contributed by atoms with Gasteiger partial charge in [0.15, 0.2) is 9.84 Å². The van der Waals surface area contributed by atoms with Gasteiger partial charge in [0.05, 0.1) is 24.2 Å². The van der Waals surface area contributed by atoms with Crippen LogP contribution in [0.5, 0.6) is 0 Å². The maximum Gasteiger partial charge on any atom is 0.151 e. The Morgan fingerprint density at radius 1 is 1.33 bits per heavy atom. The van der Waals surface area contributed by atoms with E-state index in [1.165, 1.54) is 0 Å². The normalized spacial score (nSPS) is 22.6. The molecule has 18 heavy (non-hydrogen) atoms. The van der Waals surface area contributed by atoms with Gasteiger partial charge < -0.3 is 9.84 Å². The van der Waals surface area contributed by atoms with Crippen molar-refractivity contribution < 1.29 is 18.3 Å². The third kappa shape index (κ3) is 6.68. The highest BCUT2D eigenvalue weighted by Crippen LogP contribution is 2.06. The fourth-order valence-corrected chi connectivity index (χ4v) is 3.30. The minimum Gasteiger partial charge on any atom is -0.389 e. The molecule has 0 bridgehead atoms. The van der Waals surface area contributed by atoms with Crippen LogP contribution in [0, 0.1) is 0 Å². The van der Waals surface area contributed by atoms with E-state index in [1.807, 2.05) is 4.90 Å². The van der Waals surface area contributed by atoms with Crippen molar-refractivity contribution in [1.29, 1.82) is 0 Å². The van der Waals surface area contributed by atoms with Crippen LogP contribution in [0.15, 0.2) is 0 Å². The first-order chi connectivity index (χ1) is 8.53. The molecule has 5 nitrogen and oxygen atoms in total. The maximum atomic E-state index is 11.4. The molecule has 0 amide bonds. The molecule has 6 heteroatoms. The van der Waals surface area contributed by atoms with Crippen LogP contribution in [-0.4, -0.2) is 68.9 Å². The van der Waals surface area contributed by atoms with E-state index in [0.29, 0.717) is 32.7 Å². The molecule has 0 saturated carbocycles. The van der Waals surface area contributed by atoms with E-state index in [9.17, 15) is 13.5 Å². The molecule has 0 aliphatic carbocycles. The Kier molecular flexibility index (Phi) is 7.14. The van der Waals surface area contributed by atoms with E-state index in [1.54, 1.807) is 0 Å². The lowest BCUT2D eigenvalue weighted by molar-refractivity contribution is 0.0171. The number of aliphatic hydroxyl groups excluding tert-OH is 1. The van der Waals surface area contributed by atoms with Crippen molar-refractivity contribution in [3.05, 3.63) is 0 Å². The summed E-state index contributed by atoms with van der Waals surface area (Å²) in [7, 11) is -2.87. The second-order valence-electron chi connectivity index (χ2n) is 4.89. The van der Waals surface area contributed by atoms with Gasteiger partial charge in [0.2, 0.25) is 0 Å². The summed E-state index contributed by atoms with van der Waals surface area (Å²) < 4.78 is 28.2. The van der Waals surface area contributed by atoms with E-state index >= 15 is 0 Å². The Hall–Kier alpha value is -0.170. The number of ether oxygens (including phenoxy) is 1. The number of nitrogens with zero attached hydrogens (tertiary/aromatic N) is 1. The van der Waals surface area contributed by atoms with Crippen molar-refractivity contribution >= 4 is 9.84 Å². The van der Waals surface area contributed by atoms with E-state index in [0.717, 1.165) is 19.4 Å². The number of β-amino-alcohol motifs (C(OH)–C–C–N with tert-alkyl or cyclic N) is 1. The van der Waals surface area contributed by atoms with Crippen LogP contribution in [0.25, 0.3) is 0 Å². The molecule has 1 N–H and O–H groups in total. The molecule has 1 atom stereocenters. The lowest BCUT2D eigenvalue weighted by Crippen LogP contribution is -2.36. The molecular weight excluding hydrogens is 254 g/mol. The van der Waals surface area contributed by atoms with Crippen molar-refractivity contribution in [2.24, 2.45) is 0 Å². The topological polar surface area (TPSA) is 66.8 Å². The first kappa shape index (κ1) is 15.9. The van der Waals surface area contributed by atoms with Gasteiger partial charge in [-0.2, -0.15) is 0 Å². The summed E-state index contributed by atoms with van der Waals surface area (Å²) in [5.74, 6) is 0.475. The summed E-state index contributed by atoms with van der Waals surface area (Å²) in [6, 6.07) is 0. The van der Waals surface area contributed by atoms with Gasteiger partial charge in [0.1, 0.15) is 0 Å². The predicted octanol–water partition coefficient (Wildman–Crippen LogP) is 0.285. The van der Waals surface area contributed by atoms with Crippen LogP contribution >= 0.6 is 0 Å². The van der Waals surface area contributed by atoms with Crippen molar-refractivity contribution in [2.45, 2.75) is 32.3 Å². The fraction of sp³-hybridized carbons (Fsp3) is 1.00. The average Bonchev–Trinajstić information content (AvgIpc) is 2.47. The minimum absolute atomic E-state index is 0.205. The van der Waals surface area contributed by atoms with Crippen molar-refractivity contribution in [3.63, 3.8) is 0 Å². The van der Waals surface area contributed by atoms with Gasteiger partial charge in [0.25, 0.3) is 0 Å². The lowest BCUT2D eigenvalue weighted by Gasteiger charge is -2.22. The molecule has 1 fully saturated rings. The second-order valence-corrected chi connectivity index (χ2v) is 7.19. The largest absolute Gasteiger partial charge is 0.389 e. The van der Waals surface area contributed by atoms with Crippen molar-refractivity contribution in [2.75, 3.05) is 44.4 Å². The van der Waals surface area contributed by atoms with E-state index < -0.39 is 15.9 Å². The molecule has 0 aromatic carbocycles. The number of unbranched alkanes of at least 4 members (excludes halogenated alkanes) is 1. The number of hydrogen-bond donors (Lipinski definition) is 1. The highest BCUT2D eigenvalue weighted by Gasteiger charge is 2.20. The number of hydrogen-bond acceptors (Lipinski definition) is 5. The van der Waals surface area contributed by atoms with Crippen molar-refractivity contribution in [3.8, 4) is 0 Å². The van der Waals surface area contributed by atoms with Crippen LogP contribution in [0.4, 0.5) is 0 Å². The summed E-state index contributed by atoms with van der Waals surface area (Å²) in [4.78, 5) is 2.01. The van der Waals surface area contributed by atoms with Crippen LogP contribution in [0.1, 0.15) is 26.2 Å². The molecular formula is C12H25NO4S. The van der Waals surface area contributed by atoms with E-state index in [4.69, 9.17) is 4.74 Å². The Balaban J connectivity index is 2.21. The minimum atomic E-state index is -2.87. The summed E-state index contributed by atoms with van der Waals surface area (Å²) >= 11 is 0. The van der Waals surface area contributed by atoms with E-state index in [2.05, 4.69) is 6.92 Å². The summed E-state index contributed by atoms with van der Waals surface area (Å²) in [6.07, 6.45) is 2.23. The molecule has 108 valence electrons. The predicted molar refractivity (Wildman–Crippen MR) is 71.4 cm³/mol. The SMILES string of the molecule is CCCCOCC(O)CN1CCCS(=O)(=O)CC1. The van der Waals surface area contributed by atoms with Crippen LogP contribution in [0.3, 0.4) is 0 Å². The van der Waals surface area contributed by atoms with Gasteiger partial charge in [-0.05, 0) is 19.4 Å². The fourth-order valence-electron chi connectivity index (χ4n) is 1.99. The summed E-state index contributed by atoms with van der Waals surface area (Å²) in [5, 5.41) is 9.81. The lowest BCUT2D eigenvalue weighted by atomic mass is 10.3. The molecule has 1 aliphatic rings. The first-order valence-corrected chi connectivity index (χ1v) is 8.54. The zero-order valence-electron chi connectivity index (χ0n) is 11.2. The van der Waals surface area contributed by atoms with Crippen molar-refractivity contribution in [1.82, 2.24) is 4.90 Å². The van der Waals surface area contributed by atoms with Crippen LogP contribution < -0.4 is 0 Å². The molecule has 0 spiro atoms. The first-order valence-electron chi connectivity index (χ1n) is 6.72. The molecule has 1 rings (SSSR count). The number of rotatable bonds is 7. The van der Waals surface area contributed by atoms with Gasteiger partial charge in [-0.25, -0.2) is 8.42 Å². The summed E-state index contributed by atoms with van der Waals surface area (Å²) in [5.41, 5.74) is 0. The highest BCUT2D eigenvalue weighted by molar-refractivity contribution is 7.91. The third-order valence-electron chi connectivity index (χ3n) is 3.07. The molecule has 0 aromatic rings. The second kappa shape index (κ2) is 8.09. The Bertz CT molecular complexity index is 318. The molecule has 1 heterocycles. The van der Waals surface area contributed by atoms with Gasteiger partial charge in [-0.3, -0.25) is 4.90 Å². The monoisotopic (exact) mass is 279 g/mol. The maximum absolute atomic E-state index is 11.4. The van der Waals surface area contributed by atoms with Gasteiger partial charge in [-0.1, -0.05) is 13.3 Å². The Morgan fingerprint density at radius 3 is 2.83 bits per heavy atom. The van der Waals surface area contributed by atoms with Gasteiger partial charge >= 0.3 is 0 Å². The molecule has 1 unspecified atom stereocenters. The quantitative estimate of drug-likeness (QED) is 0.678.